The molecular formula is C17H21N3O4. The van der Waals surface area contributed by atoms with Gasteiger partial charge in [0.15, 0.2) is 6.61 Å². The summed E-state index contributed by atoms with van der Waals surface area (Å²) in [7, 11) is 3.55. The Bertz CT molecular complexity index is 683. The van der Waals surface area contributed by atoms with E-state index < -0.39 is 0 Å². The van der Waals surface area contributed by atoms with Crippen LogP contribution in [0.1, 0.15) is 25.1 Å². The Kier molecular flexibility index (Phi) is 5.10. The lowest BCUT2D eigenvalue weighted by atomic mass is 10.0. The summed E-state index contributed by atoms with van der Waals surface area (Å²) in [6.45, 7) is 0.937. The minimum Gasteiger partial charge on any atom is -0.497 e. The van der Waals surface area contributed by atoms with Gasteiger partial charge >= 0.3 is 5.97 Å². The van der Waals surface area contributed by atoms with Gasteiger partial charge < -0.3 is 14.0 Å². The molecule has 24 heavy (non-hydrogen) atoms. The number of hydrogen-bond acceptors (Lipinski definition) is 7. The van der Waals surface area contributed by atoms with Crippen molar-refractivity contribution in [3.63, 3.8) is 0 Å². The number of piperidine rings is 1. The summed E-state index contributed by atoms with van der Waals surface area (Å²) >= 11 is 0. The van der Waals surface area contributed by atoms with Gasteiger partial charge in [-0.3, -0.25) is 9.69 Å². The quantitative estimate of drug-likeness (QED) is 0.778. The minimum atomic E-state index is -0.229. The van der Waals surface area contributed by atoms with Crippen LogP contribution in [0, 0.1) is 0 Å². The summed E-state index contributed by atoms with van der Waals surface area (Å²) in [5.41, 5.74) is 0.785. The fourth-order valence-electron chi connectivity index (χ4n) is 2.77. The summed E-state index contributed by atoms with van der Waals surface area (Å²) < 4.78 is 15.7. The number of likely N-dealkylation sites (N-methyl/N-ethyl adjacent to an activating group) is 1. The number of rotatable bonds is 5. The number of carbonyl (C=O) groups excluding carboxylic acids is 1. The van der Waals surface area contributed by atoms with Crippen LogP contribution in [0.3, 0.4) is 0 Å². The number of carbonyl (C=O) groups is 1. The molecule has 0 amide bonds. The van der Waals surface area contributed by atoms with Gasteiger partial charge in [0.25, 0.3) is 5.89 Å². The second kappa shape index (κ2) is 7.44. The molecule has 1 aromatic heterocycles. The first-order chi connectivity index (χ1) is 11.7. The maximum absolute atomic E-state index is 12.2. The van der Waals surface area contributed by atoms with Gasteiger partial charge in [0.05, 0.1) is 7.11 Å². The molecule has 128 valence electrons. The second-order valence-corrected chi connectivity index (χ2v) is 5.84. The fraction of sp³-hybridized carbons (Fsp3) is 0.471. The summed E-state index contributed by atoms with van der Waals surface area (Å²) in [6.07, 6.45) is 3.00. The van der Waals surface area contributed by atoms with E-state index in [-0.39, 0.29) is 18.6 Å². The third-order valence-corrected chi connectivity index (χ3v) is 4.19. The summed E-state index contributed by atoms with van der Waals surface area (Å²) in [4.78, 5) is 18.5. The lowest BCUT2D eigenvalue weighted by Crippen LogP contribution is -2.42. The molecule has 0 bridgehead atoms. The Hall–Kier alpha value is -2.41. The molecule has 1 atom stereocenters. The van der Waals surface area contributed by atoms with Crippen LogP contribution in [0.15, 0.2) is 28.8 Å². The van der Waals surface area contributed by atoms with Gasteiger partial charge in [-0.15, -0.1) is 0 Å². The highest BCUT2D eigenvalue weighted by molar-refractivity contribution is 5.75. The molecule has 1 fully saturated rings. The van der Waals surface area contributed by atoms with Crippen molar-refractivity contribution in [3.8, 4) is 17.2 Å². The maximum atomic E-state index is 12.2. The highest BCUT2D eigenvalue weighted by atomic mass is 16.5. The first kappa shape index (κ1) is 16.4. The maximum Gasteiger partial charge on any atom is 0.323 e. The number of methoxy groups -OCH3 is 1. The number of hydrogen-bond donors (Lipinski definition) is 0. The topological polar surface area (TPSA) is 77.7 Å². The zero-order chi connectivity index (χ0) is 16.9. The Balaban J connectivity index is 1.58. The van der Waals surface area contributed by atoms with Gasteiger partial charge in [0.2, 0.25) is 5.82 Å². The van der Waals surface area contributed by atoms with E-state index in [9.17, 15) is 4.79 Å². The van der Waals surface area contributed by atoms with Crippen molar-refractivity contribution >= 4 is 5.97 Å². The Morgan fingerprint density at radius 3 is 2.83 bits per heavy atom. The standard InChI is InChI=1S/C17H21N3O4/c1-20-10-4-3-5-14(20)17(21)23-11-15-18-16(24-19-15)12-6-8-13(22-2)9-7-12/h6-9,14H,3-5,10-11H2,1-2H3. The molecule has 2 heterocycles. The van der Waals surface area contributed by atoms with Crippen LogP contribution in [-0.2, 0) is 16.1 Å². The minimum absolute atomic E-state index is 0.0167. The number of esters is 1. The molecule has 7 nitrogen and oxygen atoms in total. The number of aromatic nitrogens is 2. The molecule has 1 aliphatic rings. The number of nitrogens with zero attached hydrogens (tertiary/aromatic N) is 3. The van der Waals surface area contributed by atoms with Crippen molar-refractivity contribution in [2.75, 3.05) is 20.7 Å². The van der Waals surface area contributed by atoms with Gasteiger partial charge in [0.1, 0.15) is 11.8 Å². The number of benzene rings is 1. The van der Waals surface area contributed by atoms with E-state index in [1.54, 1.807) is 7.11 Å². The van der Waals surface area contributed by atoms with Gasteiger partial charge in [-0.05, 0) is 50.7 Å². The predicted molar refractivity (Wildman–Crippen MR) is 86.4 cm³/mol. The van der Waals surface area contributed by atoms with E-state index in [2.05, 4.69) is 10.1 Å². The molecule has 1 aromatic carbocycles. The van der Waals surface area contributed by atoms with E-state index >= 15 is 0 Å². The monoisotopic (exact) mass is 331 g/mol. The normalized spacial score (nSPS) is 18.3. The zero-order valence-corrected chi connectivity index (χ0v) is 13.9. The molecule has 2 aromatic rings. The van der Waals surface area contributed by atoms with Crippen LogP contribution < -0.4 is 4.74 Å². The van der Waals surface area contributed by atoms with E-state index in [0.717, 1.165) is 37.1 Å². The first-order valence-electron chi connectivity index (χ1n) is 8.01. The molecule has 0 spiro atoms. The summed E-state index contributed by atoms with van der Waals surface area (Å²) in [5.74, 6) is 1.27. The fourth-order valence-corrected chi connectivity index (χ4v) is 2.77. The van der Waals surface area contributed by atoms with E-state index in [4.69, 9.17) is 14.0 Å². The molecule has 3 rings (SSSR count). The van der Waals surface area contributed by atoms with E-state index in [1.807, 2.05) is 36.2 Å². The van der Waals surface area contributed by atoms with Crippen LogP contribution >= 0.6 is 0 Å². The summed E-state index contributed by atoms with van der Waals surface area (Å²) in [6, 6.07) is 7.13. The first-order valence-corrected chi connectivity index (χ1v) is 8.01. The van der Waals surface area contributed by atoms with E-state index in [1.165, 1.54) is 0 Å². The lowest BCUT2D eigenvalue weighted by Gasteiger charge is -2.30. The van der Waals surface area contributed by atoms with Crippen LogP contribution in [0.4, 0.5) is 0 Å². The third-order valence-electron chi connectivity index (χ3n) is 4.19. The SMILES string of the molecule is COc1ccc(-c2nc(COC(=O)C3CCCCN3C)no2)cc1. The van der Waals surface area contributed by atoms with Crippen molar-refractivity contribution < 1.29 is 18.8 Å². The Labute approximate surface area is 140 Å². The largest absolute Gasteiger partial charge is 0.497 e. The molecule has 7 heteroatoms. The number of likely N-dealkylation sites (tertiary alicyclic amines) is 1. The Morgan fingerprint density at radius 2 is 2.12 bits per heavy atom. The summed E-state index contributed by atoms with van der Waals surface area (Å²) in [5, 5.41) is 3.86. The molecule has 0 radical (unpaired) electrons. The second-order valence-electron chi connectivity index (χ2n) is 5.84. The zero-order valence-electron chi connectivity index (χ0n) is 13.9. The smallest absolute Gasteiger partial charge is 0.323 e. The van der Waals surface area contributed by atoms with Gasteiger partial charge in [-0.1, -0.05) is 11.6 Å². The van der Waals surface area contributed by atoms with E-state index in [0.29, 0.717) is 11.7 Å². The highest BCUT2D eigenvalue weighted by Crippen LogP contribution is 2.21. The van der Waals surface area contributed by atoms with Crippen molar-refractivity contribution in [2.24, 2.45) is 0 Å². The van der Waals surface area contributed by atoms with Crippen molar-refractivity contribution in [1.29, 1.82) is 0 Å². The van der Waals surface area contributed by atoms with Crippen LogP contribution in [0.2, 0.25) is 0 Å². The average molecular weight is 331 g/mol. The molecular weight excluding hydrogens is 310 g/mol. The van der Waals surface area contributed by atoms with Crippen molar-refractivity contribution in [1.82, 2.24) is 15.0 Å². The molecule has 0 saturated carbocycles. The molecule has 1 unspecified atom stereocenters. The predicted octanol–water partition coefficient (Wildman–Crippen LogP) is 2.27. The highest BCUT2D eigenvalue weighted by Gasteiger charge is 2.27. The van der Waals surface area contributed by atoms with Crippen molar-refractivity contribution in [3.05, 3.63) is 30.1 Å². The van der Waals surface area contributed by atoms with Gasteiger partial charge in [-0.2, -0.15) is 4.98 Å². The molecule has 0 aliphatic carbocycles. The third kappa shape index (κ3) is 3.73. The molecule has 0 N–H and O–H groups in total. The van der Waals surface area contributed by atoms with Crippen molar-refractivity contribution in [2.45, 2.75) is 31.9 Å². The molecule has 1 aliphatic heterocycles. The molecule has 1 saturated heterocycles. The van der Waals surface area contributed by atoms with Crippen LogP contribution in [0.5, 0.6) is 5.75 Å². The average Bonchev–Trinajstić information content (AvgIpc) is 3.09. The van der Waals surface area contributed by atoms with Gasteiger partial charge in [-0.25, -0.2) is 0 Å². The number of ether oxygens (including phenoxy) is 2. The van der Waals surface area contributed by atoms with Crippen LogP contribution in [-0.4, -0.2) is 47.8 Å². The Morgan fingerprint density at radius 1 is 1.33 bits per heavy atom. The van der Waals surface area contributed by atoms with Crippen LogP contribution in [0.25, 0.3) is 11.5 Å². The van der Waals surface area contributed by atoms with Gasteiger partial charge in [0, 0.05) is 5.56 Å². The lowest BCUT2D eigenvalue weighted by molar-refractivity contribution is -0.152.